The molecular weight excluding hydrogens is 410 g/mol. The first-order valence-electron chi connectivity index (χ1n) is 11.0. The van der Waals surface area contributed by atoms with Crippen LogP contribution in [0.15, 0.2) is 30.3 Å². The first kappa shape index (κ1) is 21.8. The Kier molecular flexibility index (Phi) is 6.30. The van der Waals surface area contributed by atoms with E-state index < -0.39 is 0 Å². The second-order valence-corrected chi connectivity index (χ2v) is 9.38. The number of aromatic nitrogens is 3. The number of pyridine rings is 1. The second kappa shape index (κ2) is 8.97. The zero-order valence-electron chi connectivity index (χ0n) is 18.7. The van der Waals surface area contributed by atoms with Crippen molar-refractivity contribution in [3.8, 4) is 5.69 Å². The smallest absolute Gasteiger partial charge is 0.252 e. The van der Waals surface area contributed by atoms with Gasteiger partial charge in [0.25, 0.3) is 5.91 Å². The van der Waals surface area contributed by atoms with Gasteiger partial charge < -0.3 is 10.2 Å². The van der Waals surface area contributed by atoms with Gasteiger partial charge in [0.1, 0.15) is 0 Å². The third-order valence-corrected chi connectivity index (χ3v) is 6.13. The van der Waals surface area contributed by atoms with Crippen molar-refractivity contribution in [2.45, 2.75) is 34.1 Å². The molecule has 1 aromatic carbocycles. The molecule has 0 radical (unpaired) electrons. The molecule has 2 aromatic heterocycles. The average molecular weight is 440 g/mol. The topological polar surface area (TPSA) is 63.1 Å². The Labute approximate surface area is 188 Å². The highest BCUT2D eigenvalue weighted by Crippen LogP contribution is 2.28. The van der Waals surface area contributed by atoms with E-state index in [0.29, 0.717) is 34.6 Å². The maximum Gasteiger partial charge on any atom is 0.252 e. The molecule has 4 rings (SSSR count). The van der Waals surface area contributed by atoms with E-state index in [1.807, 2.05) is 44.2 Å². The fourth-order valence-corrected chi connectivity index (χ4v) is 4.69. The molecule has 0 bridgehead atoms. The summed E-state index contributed by atoms with van der Waals surface area (Å²) in [6.45, 7) is 12.3. The molecular formula is C24H30ClN5O. The van der Waals surface area contributed by atoms with Gasteiger partial charge in [0.15, 0.2) is 5.65 Å². The number of amides is 1. The van der Waals surface area contributed by atoms with Gasteiger partial charge in [-0.05, 0) is 56.8 Å². The van der Waals surface area contributed by atoms with Crippen molar-refractivity contribution >= 4 is 28.5 Å². The van der Waals surface area contributed by atoms with Crippen molar-refractivity contribution < 1.29 is 4.79 Å². The Morgan fingerprint density at radius 3 is 2.81 bits per heavy atom. The zero-order chi connectivity index (χ0) is 22.1. The lowest BCUT2D eigenvalue weighted by molar-refractivity contribution is 0.0948. The molecule has 1 aliphatic rings. The van der Waals surface area contributed by atoms with E-state index in [2.05, 4.69) is 34.1 Å². The lowest BCUT2D eigenvalue weighted by atomic mass is 10.1. The highest BCUT2D eigenvalue weighted by Gasteiger charge is 2.25. The van der Waals surface area contributed by atoms with Crippen LogP contribution in [0.5, 0.6) is 0 Å². The largest absolute Gasteiger partial charge is 0.352 e. The molecule has 0 saturated carbocycles. The predicted octanol–water partition coefficient (Wildman–Crippen LogP) is 4.40. The minimum Gasteiger partial charge on any atom is -0.352 e. The first-order chi connectivity index (χ1) is 14.8. The number of rotatable bonds is 6. The van der Waals surface area contributed by atoms with Crippen LogP contribution in [0.2, 0.25) is 5.02 Å². The number of hydrogen-bond donors (Lipinski definition) is 1. The summed E-state index contributed by atoms with van der Waals surface area (Å²) < 4.78 is 1.73. The van der Waals surface area contributed by atoms with E-state index in [-0.39, 0.29) is 5.91 Å². The van der Waals surface area contributed by atoms with Crippen LogP contribution in [-0.4, -0.2) is 51.8 Å². The molecule has 1 amide bonds. The molecule has 1 fully saturated rings. The maximum atomic E-state index is 13.2. The Morgan fingerprint density at radius 1 is 1.29 bits per heavy atom. The van der Waals surface area contributed by atoms with Crippen molar-refractivity contribution in [1.82, 2.24) is 25.0 Å². The second-order valence-electron chi connectivity index (χ2n) is 8.98. The molecule has 1 aliphatic heterocycles. The van der Waals surface area contributed by atoms with Crippen molar-refractivity contribution in [2.75, 3.05) is 26.2 Å². The molecule has 0 spiro atoms. The van der Waals surface area contributed by atoms with Gasteiger partial charge in [-0.1, -0.05) is 37.6 Å². The van der Waals surface area contributed by atoms with E-state index in [1.165, 1.54) is 0 Å². The monoisotopic (exact) mass is 439 g/mol. The van der Waals surface area contributed by atoms with E-state index in [9.17, 15) is 4.79 Å². The van der Waals surface area contributed by atoms with Crippen LogP contribution < -0.4 is 5.32 Å². The molecule has 3 aromatic rings. The van der Waals surface area contributed by atoms with Crippen molar-refractivity contribution in [3.05, 3.63) is 52.3 Å². The van der Waals surface area contributed by atoms with Crippen LogP contribution in [0, 0.1) is 25.7 Å². The number of para-hydroxylation sites is 1. The molecule has 164 valence electrons. The number of likely N-dealkylation sites (tertiary alicyclic amines) is 1. The molecule has 6 nitrogen and oxygen atoms in total. The number of nitrogens with one attached hydrogen (secondary N) is 1. The lowest BCUT2D eigenvalue weighted by Crippen LogP contribution is -2.32. The van der Waals surface area contributed by atoms with E-state index >= 15 is 0 Å². The summed E-state index contributed by atoms with van der Waals surface area (Å²) >= 11 is 6.40. The van der Waals surface area contributed by atoms with Crippen LogP contribution in [0.1, 0.15) is 42.0 Å². The van der Waals surface area contributed by atoms with Crippen molar-refractivity contribution in [1.29, 1.82) is 0 Å². The normalized spacial score (nSPS) is 17.0. The number of carbonyl (C=O) groups excluding carboxylic acids is 1. The molecule has 7 heteroatoms. The maximum absolute atomic E-state index is 13.2. The molecule has 0 aliphatic carbocycles. The predicted molar refractivity (Wildman–Crippen MR) is 125 cm³/mol. The Bertz CT molecular complexity index is 1110. The highest BCUT2D eigenvalue weighted by atomic mass is 35.5. The van der Waals surface area contributed by atoms with Gasteiger partial charge in [0.2, 0.25) is 0 Å². The third-order valence-electron chi connectivity index (χ3n) is 5.81. The zero-order valence-corrected chi connectivity index (χ0v) is 19.4. The fourth-order valence-electron chi connectivity index (χ4n) is 4.48. The van der Waals surface area contributed by atoms with E-state index in [1.54, 1.807) is 4.68 Å². The molecule has 3 heterocycles. The number of fused-ring (bicyclic) bond motifs is 1. The standard InChI is InChI=1S/C24H30ClN5O/c1-15(2)13-29-10-9-18(14-29)12-26-24(31)19-11-16(3)27-23-22(19)17(4)28-30(23)21-8-6-5-7-20(21)25/h5-8,11,15,18H,9-10,12-14H2,1-4H3,(H,26,31)/t18-/m0/s1. The first-order valence-corrected chi connectivity index (χ1v) is 11.3. The van der Waals surface area contributed by atoms with Crippen LogP contribution in [0.25, 0.3) is 16.7 Å². The van der Waals surface area contributed by atoms with Crippen LogP contribution >= 0.6 is 11.6 Å². The van der Waals surface area contributed by atoms with Gasteiger partial charge >= 0.3 is 0 Å². The lowest BCUT2D eigenvalue weighted by Gasteiger charge is -2.18. The molecule has 1 atom stereocenters. The average Bonchev–Trinajstić information content (AvgIpc) is 3.29. The SMILES string of the molecule is Cc1cc(C(=O)NC[C@@H]2CCN(CC(C)C)C2)c2c(C)nn(-c3ccccc3Cl)c2n1. The number of halogens is 1. The van der Waals surface area contributed by atoms with Gasteiger partial charge in [-0.3, -0.25) is 4.79 Å². The van der Waals surface area contributed by atoms with Crippen LogP contribution in [-0.2, 0) is 0 Å². The molecule has 1 N–H and O–H groups in total. The number of benzene rings is 1. The minimum atomic E-state index is -0.0698. The molecule has 31 heavy (non-hydrogen) atoms. The number of aryl methyl sites for hydroxylation is 2. The summed E-state index contributed by atoms with van der Waals surface area (Å²) in [5.41, 5.74) is 3.56. The Morgan fingerprint density at radius 2 is 2.06 bits per heavy atom. The van der Waals surface area contributed by atoms with Crippen molar-refractivity contribution in [2.24, 2.45) is 11.8 Å². The highest BCUT2D eigenvalue weighted by molar-refractivity contribution is 6.32. The summed E-state index contributed by atoms with van der Waals surface area (Å²) in [7, 11) is 0. The summed E-state index contributed by atoms with van der Waals surface area (Å²) in [5.74, 6) is 1.09. The van der Waals surface area contributed by atoms with Gasteiger partial charge in [-0.2, -0.15) is 5.10 Å². The van der Waals surface area contributed by atoms with Gasteiger partial charge in [0, 0.05) is 25.3 Å². The van der Waals surface area contributed by atoms with Crippen LogP contribution in [0.4, 0.5) is 0 Å². The van der Waals surface area contributed by atoms with Gasteiger partial charge in [-0.25, -0.2) is 9.67 Å². The summed E-state index contributed by atoms with van der Waals surface area (Å²) in [6.07, 6.45) is 1.13. The van der Waals surface area contributed by atoms with Crippen molar-refractivity contribution in [3.63, 3.8) is 0 Å². The fraction of sp³-hybridized carbons (Fsp3) is 0.458. The third kappa shape index (κ3) is 4.60. The van der Waals surface area contributed by atoms with E-state index in [0.717, 1.165) is 48.5 Å². The molecule has 1 saturated heterocycles. The van der Waals surface area contributed by atoms with Gasteiger partial charge in [0.05, 0.1) is 27.4 Å². The molecule has 0 unspecified atom stereocenters. The quantitative estimate of drug-likeness (QED) is 0.618. The summed E-state index contributed by atoms with van der Waals surface area (Å²) in [4.78, 5) is 20.4. The Balaban J connectivity index is 1.58. The summed E-state index contributed by atoms with van der Waals surface area (Å²) in [5, 5.41) is 9.19. The van der Waals surface area contributed by atoms with Crippen LogP contribution in [0.3, 0.4) is 0 Å². The van der Waals surface area contributed by atoms with E-state index in [4.69, 9.17) is 11.6 Å². The summed E-state index contributed by atoms with van der Waals surface area (Å²) in [6, 6.07) is 9.38. The number of hydrogen-bond acceptors (Lipinski definition) is 4. The Hall–Kier alpha value is -2.44. The van der Waals surface area contributed by atoms with Gasteiger partial charge in [-0.15, -0.1) is 0 Å². The number of carbonyl (C=O) groups is 1. The number of nitrogens with zero attached hydrogens (tertiary/aromatic N) is 4. The minimum absolute atomic E-state index is 0.0698.